The molecule has 0 aliphatic heterocycles. The average Bonchev–Trinajstić information content (AvgIpc) is 2.70. The Hall–Kier alpha value is -2.82. The number of hydrogen-bond acceptors (Lipinski definition) is 7. The number of esters is 1. The fourth-order valence-corrected chi connectivity index (χ4v) is 3.33. The molecule has 2 aromatic rings. The SMILES string of the molecule is COc1ccc(C(=O)OCC(=O)c2ccc(F)cc2)cc1S(=O)(=O)N(C)OC. The third-order valence-corrected chi connectivity index (χ3v) is 5.47. The van der Waals surface area contributed by atoms with E-state index in [1.54, 1.807) is 0 Å². The highest BCUT2D eigenvalue weighted by Crippen LogP contribution is 2.27. The first-order chi connectivity index (χ1) is 13.2. The van der Waals surface area contributed by atoms with Gasteiger partial charge in [-0.15, -0.1) is 0 Å². The maximum atomic E-state index is 12.9. The Balaban J connectivity index is 2.20. The molecule has 0 heterocycles. The summed E-state index contributed by atoms with van der Waals surface area (Å²) in [6, 6.07) is 8.41. The maximum Gasteiger partial charge on any atom is 0.338 e. The molecule has 0 spiro atoms. The normalized spacial score (nSPS) is 11.3. The van der Waals surface area contributed by atoms with Gasteiger partial charge in [0.15, 0.2) is 12.4 Å². The van der Waals surface area contributed by atoms with E-state index in [0.29, 0.717) is 4.47 Å². The summed E-state index contributed by atoms with van der Waals surface area (Å²) in [5.74, 6) is -1.94. The lowest BCUT2D eigenvalue weighted by Gasteiger charge is -2.17. The second-order valence-electron chi connectivity index (χ2n) is 5.47. The fraction of sp³-hybridized carbons (Fsp3) is 0.222. The molecule has 8 nitrogen and oxygen atoms in total. The standard InChI is InChI=1S/C18H18FNO7S/c1-20(26-3)28(23,24)17-10-13(6-9-16(17)25-2)18(22)27-11-15(21)12-4-7-14(19)8-5-12/h4-10H,11H2,1-3H3. The van der Waals surface area contributed by atoms with E-state index in [1.165, 1.54) is 45.5 Å². The van der Waals surface area contributed by atoms with Crippen LogP contribution >= 0.6 is 0 Å². The summed E-state index contributed by atoms with van der Waals surface area (Å²) in [5, 5.41) is 0. The number of hydrogen-bond donors (Lipinski definition) is 0. The lowest BCUT2D eigenvalue weighted by molar-refractivity contribution is -0.0259. The van der Waals surface area contributed by atoms with Crippen LogP contribution in [-0.4, -0.2) is 52.5 Å². The molecule has 2 aromatic carbocycles. The molecule has 0 aliphatic rings. The van der Waals surface area contributed by atoms with Crippen LogP contribution in [0, 0.1) is 5.82 Å². The van der Waals surface area contributed by atoms with Gasteiger partial charge >= 0.3 is 5.97 Å². The molecule has 0 amide bonds. The van der Waals surface area contributed by atoms with Crippen molar-refractivity contribution in [3.63, 3.8) is 0 Å². The maximum absolute atomic E-state index is 12.9. The van der Waals surface area contributed by atoms with Crippen molar-refractivity contribution in [1.29, 1.82) is 0 Å². The topological polar surface area (TPSA) is 99.2 Å². The van der Waals surface area contributed by atoms with Crippen molar-refractivity contribution in [3.8, 4) is 5.75 Å². The monoisotopic (exact) mass is 411 g/mol. The van der Waals surface area contributed by atoms with Crippen LogP contribution in [0.2, 0.25) is 0 Å². The van der Waals surface area contributed by atoms with Crippen LogP contribution in [-0.2, 0) is 19.6 Å². The van der Waals surface area contributed by atoms with Crippen LogP contribution in [0.5, 0.6) is 5.75 Å². The van der Waals surface area contributed by atoms with Crippen LogP contribution in [0.3, 0.4) is 0 Å². The molecule has 2 rings (SSSR count). The van der Waals surface area contributed by atoms with E-state index < -0.39 is 34.2 Å². The molecule has 0 N–H and O–H groups in total. The van der Waals surface area contributed by atoms with Crippen molar-refractivity contribution in [3.05, 3.63) is 59.4 Å². The van der Waals surface area contributed by atoms with Gasteiger partial charge in [-0.05, 0) is 42.5 Å². The van der Waals surface area contributed by atoms with Crippen molar-refractivity contribution in [2.45, 2.75) is 4.90 Å². The van der Waals surface area contributed by atoms with E-state index in [4.69, 9.17) is 14.3 Å². The average molecular weight is 411 g/mol. The van der Waals surface area contributed by atoms with Crippen molar-refractivity contribution in [1.82, 2.24) is 4.47 Å². The molecule has 0 saturated carbocycles. The smallest absolute Gasteiger partial charge is 0.338 e. The Bertz CT molecular complexity index is 974. The molecule has 10 heteroatoms. The number of ether oxygens (including phenoxy) is 2. The highest BCUT2D eigenvalue weighted by molar-refractivity contribution is 7.89. The van der Waals surface area contributed by atoms with Gasteiger partial charge in [0.1, 0.15) is 16.5 Å². The lowest BCUT2D eigenvalue weighted by atomic mass is 10.1. The zero-order chi connectivity index (χ0) is 20.9. The third-order valence-electron chi connectivity index (χ3n) is 3.77. The first-order valence-corrected chi connectivity index (χ1v) is 9.31. The van der Waals surface area contributed by atoms with Crippen LogP contribution < -0.4 is 4.74 Å². The third kappa shape index (κ3) is 4.71. The molecule has 0 fully saturated rings. The van der Waals surface area contributed by atoms with Gasteiger partial charge in [-0.1, -0.05) is 4.47 Å². The largest absolute Gasteiger partial charge is 0.495 e. The van der Waals surface area contributed by atoms with Crippen molar-refractivity contribution >= 4 is 21.8 Å². The molecule has 150 valence electrons. The zero-order valence-corrected chi connectivity index (χ0v) is 16.2. The van der Waals surface area contributed by atoms with Crippen LogP contribution in [0.4, 0.5) is 4.39 Å². The minimum atomic E-state index is -4.09. The number of benzene rings is 2. The molecule has 0 saturated heterocycles. The molecule has 0 unspecified atom stereocenters. The Morgan fingerprint density at radius 1 is 1.04 bits per heavy atom. The van der Waals surface area contributed by atoms with E-state index in [0.717, 1.165) is 18.2 Å². The molecule has 0 bridgehead atoms. The fourth-order valence-electron chi connectivity index (χ4n) is 2.18. The van der Waals surface area contributed by atoms with Gasteiger partial charge in [-0.25, -0.2) is 17.6 Å². The first kappa shape index (κ1) is 21.5. The summed E-state index contributed by atoms with van der Waals surface area (Å²) >= 11 is 0. The van der Waals surface area contributed by atoms with Crippen LogP contribution in [0.15, 0.2) is 47.4 Å². The van der Waals surface area contributed by atoms with Gasteiger partial charge in [0.05, 0.1) is 19.8 Å². The molecule has 0 aromatic heterocycles. The van der Waals surface area contributed by atoms with E-state index in [1.807, 2.05) is 0 Å². The Kier molecular flexibility index (Phi) is 6.84. The predicted molar refractivity (Wildman–Crippen MR) is 96.0 cm³/mol. The molecular weight excluding hydrogens is 393 g/mol. The number of rotatable bonds is 8. The summed E-state index contributed by atoms with van der Waals surface area (Å²) in [4.78, 5) is 28.6. The highest BCUT2D eigenvalue weighted by atomic mass is 32.2. The summed E-state index contributed by atoms with van der Waals surface area (Å²) in [7, 11) is -0.460. The first-order valence-electron chi connectivity index (χ1n) is 7.87. The number of halogens is 1. The van der Waals surface area contributed by atoms with Gasteiger partial charge in [-0.3, -0.25) is 9.63 Å². The quantitative estimate of drug-likeness (QED) is 0.372. The molecule has 0 atom stereocenters. The zero-order valence-electron chi connectivity index (χ0n) is 15.3. The summed E-state index contributed by atoms with van der Waals surface area (Å²) in [6.07, 6.45) is 0. The number of hydroxylamine groups is 1. The second-order valence-corrected chi connectivity index (χ2v) is 7.37. The minimum absolute atomic E-state index is 0.00263. The summed E-state index contributed by atoms with van der Waals surface area (Å²) in [6.45, 7) is -0.587. The molecular formula is C18H18FNO7S. The van der Waals surface area contributed by atoms with Gasteiger partial charge in [0.2, 0.25) is 0 Å². The van der Waals surface area contributed by atoms with Gasteiger partial charge in [0, 0.05) is 12.6 Å². The van der Waals surface area contributed by atoms with Crippen molar-refractivity contribution in [2.75, 3.05) is 27.9 Å². The predicted octanol–water partition coefficient (Wildman–Crippen LogP) is 2.06. The molecule has 0 aliphatic carbocycles. The summed E-state index contributed by atoms with van der Waals surface area (Å²) < 4.78 is 48.4. The number of ketones is 1. The van der Waals surface area contributed by atoms with E-state index >= 15 is 0 Å². The number of Topliss-reactive ketones (excluding diaryl/α,β-unsaturated/α-hetero) is 1. The number of carbonyl (C=O) groups is 2. The molecule has 28 heavy (non-hydrogen) atoms. The number of nitrogens with zero attached hydrogens (tertiary/aromatic N) is 1. The highest BCUT2D eigenvalue weighted by Gasteiger charge is 2.27. The number of sulfonamides is 1. The number of methoxy groups -OCH3 is 1. The minimum Gasteiger partial charge on any atom is -0.495 e. The Labute approximate surface area is 161 Å². The van der Waals surface area contributed by atoms with E-state index in [9.17, 15) is 22.4 Å². The van der Waals surface area contributed by atoms with Gasteiger partial charge in [-0.2, -0.15) is 0 Å². The Morgan fingerprint density at radius 2 is 1.64 bits per heavy atom. The van der Waals surface area contributed by atoms with E-state index in [-0.39, 0.29) is 21.8 Å². The van der Waals surface area contributed by atoms with Gasteiger partial charge < -0.3 is 9.47 Å². The number of carbonyl (C=O) groups excluding carboxylic acids is 2. The van der Waals surface area contributed by atoms with Crippen LogP contribution in [0.25, 0.3) is 0 Å². The van der Waals surface area contributed by atoms with Crippen LogP contribution in [0.1, 0.15) is 20.7 Å². The molecule has 0 radical (unpaired) electrons. The lowest BCUT2D eigenvalue weighted by Crippen LogP contribution is -2.26. The van der Waals surface area contributed by atoms with Crippen molar-refractivity contribution < 1.29 is 36.7 Å². The summed E-state index contributed by atoms with van der Waals surface area (Å²) in [5.41, 5.74) is 0.0738. The van der Waals surface area contributed by atoms with Crippen molar-refractivity contribution in [2.24, 2.45) is 0 Å². The van der Waals surface area contributed by atoms with Gasteiger partial charge in [0.25, 0.3) is 10.0 Å². The second kappa shape index (κ2) is 8.91. The van der Waals surface area contributed by atoms with E-state index in [2.05, 4.69) is 0 Å². The Morgan fingerprint density at radius 3 is 2.21 bits per heavy atom.